The van der Waals surface area contributed by atoms with Crippen LogP contribution in [0.2, 0.25) is 0 Å². The number of alkyl halides is 3. The molecule has 37 heavy (non-hydrogen) atoms. The average Bonchev–Trinajstić information content (AvgIpc) is 3.31. The number of halogens is 3. The Bertz CT molecular complexity index is 1270. The van der Waals surface area contributed by atoms with Crippen molar-refractivity contribution in [1.82, 2.24) is 19.9 Å². The van der Waals surface area contributed by atoms with Crippen LogP contribution in [0, 0.1) is 5.41 Å². The van der Waals surface area contributed by atoms with Gasteiger partial charge in [-0.1, -0.05) is 18.2 Å². The molecule has 0 aliphatic heterocycles. The molecule has 4 N–H and O–H groups in total. The van der Waals surface area contributed by atoms with E-state index in [0.29, 0.717) is 6.42 Å². The minimum Gasteiger partial charge on any atom is -0.476 e. The number of carbonyl (C=O) groups excluding carboxylic acids is 1. The lowest BCUT2D eigenvalue weighted by molar-refractivity contribution is -0.176. The van der Waals surface area contributed by atoms with E-state index in [-0.39, 0.29) is 47.7 Å². The number of nitrogens with one attached hydrogen (secondary N) is 3. The molecule has 10 nitrogen and oxygen atoms in total. The van der Waals surface area contributed by atoms with E-state index in [1.807, 2.05) is 0 Å². The van der Waals surface area contributed by atoms with Gasteiger partial charge in [0.2, 0.25) is 5.88 Å². The molecule has 0 aliphatic rings. The molecular formula is C24H25F3N6O4. The molecule has 13 heteroatoms. The molecule has 196 valence electrons. The molecule has 0 bridgehead atoms. The Morgan fingerprint density at radius 2 is 1.95 bits per heavy atom. The first kappa shape index (κ1) is 27.5. The van der Waals surface area contributed by atoms with Crippen molar-refractivity contribution in [2.24, 2.45) is 0 Å². The topological polar surface area (TPSA) is 146 Å². The third-order valence-corrected chi connectivity index (χ3v) is 4.62. The number of H-pyrrole nitrogens is 1. The number of aliphatic hydroxyl groups is 1. The summed E-state index contributed by atoms with van der Waals surface area (Å²) in [5.41, 5.74) is -1.51. The van der Waals surface area contributed by atoms with Crippen LogP contribution in [0.1, 0.15) is 47.7 Å². The summed E-state index contributed by atoms with van der Waals surface area (Å²) in [6, 6.07) is 4.78. The lowest BCUT2D eigenvalue weighted by Gasteiger charge is -2.17. The van der Waals surface area contributed by atoms with Crippen LogP contribution in [0.5, 0.6) is 5.88 Å². The summed E-state index contributed by atoms with van der Waals surface area (Å²) in [6.45, 7) is 3.57. The fourth-order valence-corrected chi connectivity index (χ4v) is 2.97. The molecule has 0 unspecified atom stereocenters. The molecule has 1 amide bonds. The average molecular weight is 518 g/mol. The van der Waals surface area contributed by atoms with Gasteiger partial charge in [-0.3, -0.25) is 9.78 Å². The van der Waals surface area contributed by atoms with Gasteiger partial charge >= 0.3 is 6.18 Å². The second-order valence-electron chi connectivity index (χ2n) is 8.17. The number of hydrogen-bond acceptors (Lipinski definition) is 8. The molecule has 3 rings (SSSR count). The Hall–Kier alpha value is -4.10. The number of rotatable bonds is 11. The second-order valence-corrected chi connectivity index (χ2v) is 8.17. The Labute approximate surface area is 210 Å². The van der Waals surface area contributed by atoms with Gasteiger partial charge in [0, 0.05) is 12.0 Å². The third kappa shape index (κ3) is 8.51. The van der Waals surface area contributed by atoms with Crippen LogP contribution in [0.3, 0.4) is 0 Å². The van der Waals surface area contributed by atoms with Gasteiger partial charge < -0.3 is 30.3 Å². The predicted molar refractivity (Wildman–Crippen MR) is 128 cm³/mol. The van der Waals surface area contributed by atoms with Gasteiger partial charge in [-0.05, 0) is 32.1 Å². The van der Waals surface area contributed by atoms with Gasteiger partial charge in [-0.2, -0.15) is 18.2 Å². The van der Waals surface area contributed by atoms with Crippen LogP contribution in [-0.4, -0.2) is 55.7 Å². The first-order chi connectivity index (χ1) is 17.4. The highest BCUT2D eigenvalue weighted by atomic mass is 19.4. The zero-order chi connectivity index (χ0) is 27.1. The van der Waals surface area contributed by atoms with E-state index in [0.717, 1.165) is 12.1 Å². The first-order valence-electron chi connectivity index (χ1n) is 11.0. The minimum atomic E-state index is -4.59. The third-order valence-electron chi connectivity index (χ3n) is 4.62. The smallest absolute Gasteiger partial charge is 0.417 e. The van der Waals surface area contributed by atoms with Crippen LogP contribution in [0.25, 0.3) is 6.08 Å². The summed E-state index contributed by atoms with van der Waals surface area (Å²) in [6.07, 6.45) is 2.27. The Morgan fingerprint density at radius 1 is 1.19 bits per heavy atom. The van der Waals surface area contributed by atoms with Crippen molar-refractivity contribution in [3.05, 3.63) is 71.6 Å². The fraction of sp³-hybridized carbons (Fsp3) is 0.292. The highest BCUT2D eigenvalue weighted by Gasteiger charge is 2.33. The molecule has 3 aromatic rings. The van der Waals surface area contributed by atoms with E-state index < -0.39 is 23.4 Å². The number of allylic oxidation sites excluding steroid dienone is 1. The van der Waals surface area contributed by atoms with Crippen molar-refractivity contribution in [2.45, 2.75) is 32.2 Å². The molecule has 2 heterocycles. The first-order valence-corrected chi connectivity index (χ1v) is 11.0. The van der Waals surface area contributed by atoms with Crippen molar-refractivity contribution in [2.75, 3.05) is 18.5 Å². The number of carbonyl (C=O) groups is 1. The quantitative estimate of drug-likeness (QED) is 0.170. The van der Waals surface area contributed by atoms with Crippen LogP contribution in [-0.2, 0) is 10.9 Å². The summed E-state index contributed by atoms with van der Waals surface area (Å²) < 4.78 is 50.2. The fourth-order valence-electron chi connectivity index (χ4n) is 2.97. The van der Waals surface area contributed by atoms with E-state index in [1.165, 1.54) is 56.7 Å². The van der Waals surface area contributed by atoms with E-state index >= 15 is 0 Å². The molecule has 0 fully saturated rings. The molecule has 1 aromatic carbocycles. The standard InChI is InChI=1S/C24H25F3N6O4/c1-23(2,35)37-11-5-10-36-21-14-29-13-20(32-21)33-22(34)18-12-30-19(31-18)9-8-17(28)15-6-3-4-7-16(15)24(25,26)27/h3-4,6-9,12-14,28,35H,5,10-11H2,1-2H3,(H,30,31)(H,32,33,34)/b9-8-,28-17?. The summed E-state index contributed by atoms with van der Waals surface area (Å²) in [5.74, 6) is -1.36. The van der Waals surface area contributed by atoms with E-state index in [4.69, 9.17) is 14.9 Å². The van der Waals surface area contributed by atoms with Crippen molar-refractivity contribution >= 4 is 23.5 Å². The van der Waals surface area contributed by atoms with Gasteiger partial charge in [-0.25, -0.2) is 4.98 Å². The van der Waals surface area contributed by atoms with Crippen molar-refractivity contribution < 1.29 is 32.5 Å². The highest BCUT2D eigenvalue weighted by molar-refractivity contribution is 6.09. The molecular weight excluding hydrogens is 493 g/mol. The summed E-state index contributed by atoms with van der Waals surface area (Å²) in [7, 11) is 0. The van der Waals surface area contributed by atoms with Crippen molar-refractivity contribution in [3.8, 4) is 5.88 Å². The number of imidazole rings is 1. The Kier molecular flexibility index (Phi) is 8.73. The number of aromatic nitrogens is 4. The number of anilines is 1. The highest BCUT2D eigenvalue weighted by Crippen LogP contribution is 2.32. The number of ether oxygens (including phenoxy) is 2. The monoisotopic (exact) mass is 518 g/mol. The van der Waals surface area contributed by atoms with E-state index in [2.05, 4.69) is 25.3 Å². The number of nitrogens with zero attached hydrogens (tertiary/aromatic N) is 3. The van der Waals surface area contributed by atoms with Crippen molar-refractivity contribution in [3.63, 3.8) is 0 Å². The summed E-state index contributed by atoms with van der Waals surface area (Å²) in [4.78, 5) is 27.3. The maximum atomic E-state index is 13.2. The second kappa shape index (κ2) is 11.8. The van der Waals surface area contributed by atoms with Gasteiger partial charge in [0.25, 0.3) is 5.91 Å². The van der Waals surface area contributed by atoms with Gasteiger partial charge in [0.15, 0.2) is 11.6 Å². The van der Waals surface area contributed by atoms with E-state index in [9.17, 15) is 23.1 Å². The Balaban J connectivity index is 1.57. The van der Waals surface area contributed by atoms with Crippen LogP contribution >= 0.6 is 0 Å². The number of benzene rings is 1. The maximum absolute atomic E-state index is 13.2. The largest absolute Gasteiger partial charge is 0.476 e. The lowest BCUT2D eigenvalue weighted by atomic mass is 10.0. The normalized spacial score (nSPS) is 12.1. The zero-order valence-electron chi connectivity index (χ0n) is 20.0. The molecule has 0 aliphatic carbocycles. The summed E-state index contributed by atoms with van der Waals surface area (Å²) in [5, 5.41) is 20.0. The summed E-state index contributed by atoms with van der Waals surface area (Å²) >= 11 is 0. The van der Waals surface area contributed by atoms with Gasteiger partial charge in [0.1, 0.15) is 11.5 Å². The van der Waals surface area contributed by atoms with Gasteiger partial charge in [-0.15, -0.1) is 0 Å². The number of amides is 1. The predicted octanol–water partition coefficient (Wildman–Crippen LogP) is 4.07. The molecule has 0 spiro atoms. The SMILES string of the molecule is CC(C)(O)OCCCOc1cncc(NC(=O)c2cnc(/C=C\C(=N)c3ccccc3C(F)(F)F)[nH]2)n1. The minimum absolute atomic E-state index is 0.0544. The van der Waals surface area contributed by atoms with Crippen molar-refractivity contribution in [1.29, 1.82) is 5.41 Å². The van der Waals surface area contributed by atoms with Crippen LogP contribution in [0.4, 0.5) is 19.0 Å². The lowest BCUT2D eigenvalue weighted by Crippen LogP contribution is -2.24. The number of hydrogen-bond donors (Lipinski definition) is 4. The molecule has 0 radical (unpaired) electrons. The maximum Gasteiger partial charge on any atom is 0.417 e. The molecule has 0 atom stereocenters. The van der Waals surface area contributed by atoms with Crippen LogP contribution in [0.15, 0.2) is 48.9 Å². The molecule has 2 aromatic heterocycles. The van der Waals surface area contributed by atoms with Gasteiger partial charge in [0.05, 0.1) is 43.1 Å². The van der Waals surface area contributed by atoms with Crippen LogP contribution < -0.4 is 10.1 Å². The zero-order valence-corrected chi connectivity index (χ0v) is 20.0. The molecule has 0 saturated heterocycles. The Morgan fingerprint density at radius 3 is 2.68 bits per heavy atom. The van der Waals surface area contributed by atoms with E-state index in [1.54, 1.807) is 0 Å². The number of aromatic amines is 1. The molecule has 0 saturated carbocycles.